The molecule has 0 amide bonds. The zero-order valence-corrected chi connectivity index (χ0v) is 11.6. The molecule has 2 N–H and O–H groups in total. The summed E-state index contributed by atoms with van der Waals surface area (Å²) >= 11 is 0. The lowest BCUT2D eigenvalue weighted by atomic mass is 9.82. The fraction of sp³-hybridized carbons (Fsp3) is 0.643. The monoisotopic (exact) mass is 280 g/mol. The van der Waals surface area contributed by atoms with Crippen LogP contribution in [0.25, 0.3) is 0 Å². The van der Waals surface area contributed by atoms with Gasteiger partial charge in [0.05, 0.1) is 25.1 Å². The number of carboxylic acids is 2. The van der Waals surface area contributed by atoms with E-state index < -0.39 is 11.9 Å². The molecule has 6 nitrogen and oxygen atoms in total. The van der Waals surface area contributed by atoms with Crippen LogP contribution < -0.4 is 0 Å². The molecule has 1 aromatic rings. The van der Waals surface area contributed by atoms with E-state index >= 15 is 0 Å². The molecule has 1 heterocycles. The summed E-state index contributed by atoms with van der Waals surface area (Å²) in [6.07, 6.45) is 3.59. The molecule has 0 aromatic carbocycles. The van der Waals surface area contributed by atoms with Crippen LogP contribution in [-0.2, 0) is 29.0 Å². The van der Waals surface area contributed by atoms with Gasteiger partial charge in [0, 0.05) is 11.3 Å². The van der Waals surface area contributed by atoms with E-state index in [0.717, 1.165) is 42.6 Å². The maximum Gasteiger partial charge on any atom is 0.305 e. The standard InChI is InChI=1S/C14H20N2O4/c1-2-10-14-9(8-13(19)20)4-3-5-11(14)16(15-10)7-6-12(17)18/h9H,2-8H2,1H3,(H,17,18)(H,19,20). The SMILES string of the molecule is CCc1nn(CCC(=O)O)c2c1C(CC(=O)O)CCC2. The zero-order chi connectivity index (χ0) is 14.7. The third kappa shape index (κ3) is 3.00. The minimum absolute atomic E-state index is 0.0183. The van der Waals surface area contributed by atoms with Gasteiger partial charge in [-0.15, -0.1) is 0 Å². The number of carbonyl (C=O) groups is 2. The quantitative estimate of drug-likeness (QED) is 0.829. The van der Waals surface area contributed by atoms with Gasteiger partial charge in [-0.05, 0) is 31.6 Å². The molecule has 0 radical (unpaired) electrons. The zero-order valence-electron chi connectivity index (χ0n) is 11.6. The highest BCUT2D eigenvalue weighted by atomic mass is 16.4. The molecule has 20 heavy (non-hydrogen) atoms. The maximum atomic E-state index is 11.0. The van der Waals surface area contributed by atoms with Crippen LogP contribution in [0.2, 0.25) is 0 Å². The number of carboxylic acid groups (broad SMARTS) is 2. The minimum Gasteiger partial charge on any atom is -0.481 e. The first-order chi connectivity index (χ1) is 9.52. The molecule has 0 fully saturated rings. The van der Waals surface area contributed by atoms with Crippen LogP contribution in [0.3, 0.4) is 0 Å². The predicted octanol–water partition coefficient (Wildman–Crippen LogP) is 1.81. The number of hydrogen-bond acceptors (Lipinski definition) is 3. The molecular weight excluding hydrogens is 260 g/mol. The van der Waals surface area contributed by atoms with Gasteiger partial charge in [0.15, 0.2) is 0 Å². The molecule has 0 bridgehead atoms. The van der Waals surface area contributed by atoms with Crippen LogP contribution in [-0.4, -0.2) is 31.9 Å². The lowest BCUT2D eigenvalue weighted by molar-refractivity contribution is -0.138. The highest BCUT2D eigenvalue weighted by molar-refractivity contribution is 5.68. The van der Waals surface area contributed by atoms with Crippen molar-refractivity contribution in [1.29, 1.82) is 0 Å². The average Bonchev–Trinajstić information content (AvgIpc) is 2.75. The Kier molecular flexibility index (Phi) is 4.42. The van der Waals surface area contributed by atoms with Crippen molar-refractivity contribution in [3.63, 3.8) is 0 Å². The van der Waals surface area contributed by atoms with E-state index in [-0.39, 0.29) is 18.8 Å². The van der Waals surface area contributed by atoms with Crippen molar-refractivity contribution < 1.29 is 19.8 Å². The average molecular weight is 280 g/mol. The molecule has 1 atom stereocenters. The number of fused-ring (bicyclic) bond motifs is 1. The highest BCUT2D eigenvalue weighted by Crippen LogP contribution is 2.36. The third-order valence-electron chi connectivity index (χ3n) is 3.84. The second-order valence-electron chi connectivity index (χ2n) is 5.21. The Morgan fingerprint density at radius 2 is 2.10 bits per heavy atom. The molecule has 0 saturated heterocycles. The van der Waals surface area contributed by atoms with E-state index in [0.29, 0.717) is 6.54 Å². The lowest BCUT2D eigenvalue weighted by Crippen LogP contribution is -2.16. The van der Waals surface area contributed by atoms with Crippen molar-refractivity contribution in [2.45, 2.75) is 57.9 Å². The second kappa shape index (κ2) is 6.07. The van der Waals surface area contributed by atoms with Crippen LogP contribution in [0.15, 0.2) is 0 Å². The smallest absolute Gasteiger partial charge is 0.305 e. The van der Waals surface area contributed by atoms with Crippen LogP contribution in [0.5, 0.6) is 0 Å². The summed E-state index contributed by atoms with van der Waals surface area (Å²) in [5, 5.41) is 22.3. The normalized spacial score (nSPS) is 17.8. The summed E-state index contributed by atoms with van der Waals surface area (Å²) in [7, 11) is 0. The molecule has 0 saturated carbocycles. The van der Waals surface area contributed by atoms with E-state index in [1.165, 1.54) is 0 Å². The second-order valence-corrected chi connectivity index (χ2v) is 5.21. The first-order valence-electron chi connectivity index (χ1n) is 7.05. The lowest BCUT2D eigenvalue weighted by Gasteiger charge is -2.22. The number of aromatic nitrogens is 2. The third-order valence-corrected chi connectivity index (χ3v) is 3.84. The molecule has 6 heteroatoms. The van der Waals surface area contributed by atoms with Crippen LogP contribution >= 0.6 is 0 Å². The predicted molar refractivity (Wildman–Crippen MR) is 71.8 cm³/mol. The van der Waals surface area contributed by atoms with Gasteiger partial charge >= 0.3 is 11.9 Å². The van der Waals surface area contributed by atoms with Gasteiger partial charge in [-0.3, -0.25) is 14.3 Å². The first-order valence-corrected chi connectivity index (χ1v) is 7.05. The summed E-state index contributed by atoms with van der Waals surface area (Å²) in [5.41, 5.74) is 3.03. The van der Waals surface area contributed by atoms with Crippen LogP contribution in [0.1, 0.15) is 55.5 Å². The number of nitrogens with zero attached hydrogens (tertiary/aromatic N) is 2. The molecule has 1 aliphatic rings. The van der Waals surface area contributed by atoms with Gasteiger partial charge in [-0.25, -0.2) is 0 Å². The van der Waals surface area contributed by atoms with E-state index in [1.807, 2.05) is 6.92 Å². The fourth-order valence-corrected chi connectivity index (χ4v) is 3.02. The summed E-state index contributed by atoms with van der Waals surface area (Å²) in [6, 6.07) is 0. The van der Waals surface area contributed by atoms with Crippen molar-refractivity contribution >= 4 is 11.9 Å². The fourth-order valence-electron chi connectivity index (χ4n) is 3.02. The Bertz CT molecular complexity index is 521. The van der Waals surface area contributed by atoms with Gasteiger partial charge < -0.3 is 10.2 Å². The Labute approximate surface area is 117 Å². The van der Waals surface area contributed by atoms with Crippen molar-refractivity contribution in [1.82, 2.24) is 9.78 Å². The molecule has 1 unspecified atom stereocenters. The van der Waals surface area contributed by atoms with E-state index in [2.05, 4.69) is 5.10 Å². The largest absolute Gasteiger partial charge is 0.481 e. The van der Waals surface area contributed by atoms with Gasteiger partial charge in [-0.1, -0.05) is 6.92 Å². The molecule has 1 aliphatic carbocycles. The van der Waals surface area contributed by atoms with Crippen molar-refractivity contribution in [2.75, 3.05) is 0 Å². The van der Waals surface area contributed by atoms with Crippen LogP contribution in [0, 0.1) is 0 Å². The molecule has 1 aromatic heterocycles. The maximum absolute atomic E-state index is 11.0. The summed E-state index contributed by atoms with van der Waals surface area (Å²) in [6.45, 7) is 2.36. The number of hydrogen-bond donors (Lipinski definition) is 2. The van der Waals surface area contributed by atoms with Crippen molar-refractivity contribution in [2.24, 2.45) is 0 Å². The summed E-state index contributed by atoms with van der Waals surface area (Å²) in [5.74, 6) is -1.61. The highest BCUT2D eigenvalue weighted by Gasteiger charge is 2.29. The van der Waals surface area contributed by atoms with E-state index in [4.69, 9.17) is 10.2 Å². The van der Waals surface area contributed by atoms with Gasteiger partial charge in [0.2, 0.25) is 0 Å². The van der Waals surface area contributed by atoms with E-state index in [9.17, 15) is 9.59 Å². The number of rotatable bonds is 6. The first kappa shape index (κ1) is 14.6. The number of aryl methyl sites for hydroxylation is 2. The Balaban J connectivity index is 2.32. The van der Waals surface area contributed by atoms with E-state index in [1.54, 1.807) is 4.68 Å². The number of aliphatic carboxylic acids is 2. The molecular formula is C14H20N2O4. The summed E-state index contributed by atoms with van der Waals surface area (Å²) < 4.78 is 1.77. The summed E-state index contributed by atoms with van der Waals surface area (Å²) in [4.78, 5) is 21.7. The molecule has 0 spiro atoms. The van der Waals surface area contributed by atoms with Crippen molar-refractivity contribution in [3.8, 4) is 0 Å². The van der Waals surface area contributed by atoms with Gasteiger partial charge in [0.1, 0.15) is 0 Å². The Morgan fingerprint density at radius 3 is 2.70 bits per heavy atom. The topological polar surface area (TPSA) is 92.4 Å². The van der Waals surface area contributed by atoms with Crippen molar-refractivity contribution in [3.05, 3.63) is 17.0 Å². The Morgan fingerprint density at radius 1 is 1.35 bits per heavy atom. The minimum atomic E-state index is -0.842. The van der Waals surface area contributed by atoms with Gasteiger partial charge in [-0.2, -0.15) is 5.10 Å². The molecule has 2 rings (SSSR count). The Hall–Kier alpha value is -1.85. The molecule has 0 aliphatic heterocycles. The van der Waals surface area contributed by atoms with Gasteiger partial charge in [0.25, 0.3) is 0 Å². The van der Waals surface area contributed by atoms with Crippen LogP contribution in [0.4, 0.5) is 0 Å². The molecule has 110 valence electrons.